The summed E-state index contributed by atoms with van der Waals surface area (Å²) in [5.74, 6) is -0.408. The van der Waals surface area contributed by atoms with Crippen molar-refractivity contribution in [2.45, 2.75) is 27.3 Å². The van der Waals surface area contributed by atoms with E-state index >= 15 is 0 Å². The number of pyridine rings is 1. The lowest BCUT2D eigenvalue weighted by Gasteiger charge is -2.10. The third-order valence-corrected chi connectivity index (χ3v) is 4.57. The molecular weight excluding hydrogens is 358 g/mol. The molecular formula is C21H21N3O4. The molecule has 3 aromatic rings. The summed E-state index contributed by atoms with van der Waals surface area (Å²) < 4.78 is 7.08. The molecule has 0 bridgehead atoms. The lowest BCUT2D eigenvalue weighted by atomic mass is 10.1. The van der Waals surface area contributed by atoms with Crippen LogP contribution in [0.2, 0.25) is 0 Å². The van der Waals surface area contributed by atoms with Gasteiger partial charge in [-0.25, -0.2) is 4.79 Å². The van der Waals surface area contributed by atoms with Gasteiger partial charge < -0.3 is 14.4 Å². The topological polar surface area (TPSA) is 93.2 Å². The second-order valence-corrected chi connectivity index (χ2v) is 6.48. The number of azo groups is 1. The number of hydrogen-bond donors (Lipinski definition) is 1. The van der Waals surface area contributed by atoms with Crippen molar-refractivity contribution in [2.24, 2.45) is 10.2 Å². The second kappa shape index (κ2) is 7.64. The van der Waals surface area contributed by atoms with Gasteiger partial charge in [-0.05, 0) is 62.2 Å². The van der Waals surface area contributed by atoms with Crippen LogP contribution >= 0.6 is 0 Å². The van der Waals surface area contributed by atoms with Crippen molar-refractivity contribution in [1.82, 2.24) is 4.57 Å². The Balaban J connectivity index is 2.06. The molecule has 1 heterocycles. The van der Waals surface area contributed by atoms with Gasteiger partial charge in [-0.3, -0.25) is 4.79 Å². The summed E-state index contributed by atoms with van der Waals surface area (Å²) in [6.07, 6.45) is 1.37. The van der Waals surface area contributed by atoms with Crippen LogP contribution < -0.4 is 10.2 Å². The number of ether oxygens (including phenoxy) is 1. The van der Waals surface area contributed by atoms with Crippen molar-refractivity contribution in [3.63, 3.8) is 0 Å². The molecule has 3 rings (SSSR count). The Labute approximate surface area is 161 Å². The van der Waals surface area contributed by atoms with Crippen LogP contribution in [0, 0.1) is 13.8 Å². The molecule has 0 unspecified atom stereocenters. The molecule has 28 heavy (non-hydrogen) atoms. The first-order chi connectivity index (χ1) is 13.3. The average molecular weight is 379 g/mol. The van der Waals surface area contributed by atoms with E-state index in [4.69, 9.17) is 4.74 Å². The molecule has 0 fully saturated rings. The molecule has 0 aliphatic heterocycles. The van der Waals surface area contributed by atoms with E-state index in [-0.39, 0.29) is 5.56 Å². The van der Waals surface area contributed by atoms with E-state index < -0.39 is 11.4 Å². The number of fused-ring (bicyclic) bond motifs is 1. The Morgan fingerprint density at radius 3 is 2.32 bits per heavy atom. The summed E-state index contributed by atoms with van der Waals surface area (Å²) in [4.78, 5) is 23.7. The van der Waals surface area contributed by atoms with Crippen molar-refractivity contribution in [3.05, 3.63) is 63.4 Å². The van der Waals surface area contributed by atoms with Gasteiger partial charge in [-0.1, -0.05) is 0 Å². The molecule has 0 aliphatic carbocycles. The highest BCUT2D eigenvalue weighted by atomic mass is 16.5. The quantitative estimate of drug-likeness (QED) is 0.647. The number of carboxylic acids is 1. The van der Waals surface area contributed by atoms with Crippen LogP contribution in [-0.2, 0) is 6.54 Å². The standard InChI is InChI=1S/C21H21N3O4/c1-5-24-11-17(21(26)27)19(25)16-7-6-14(10-18(16)24)22-23-15-8-12(2)20(28-4)13(3)9-15/h6-11H,5H2,1-4H3,(H,26,27). The molecule has 0 radical (unpaired) electrons. The summed E-state index contributed by atoms with van der Waals surface area (Å²) in [6, 6.07) is 8.75. The van der Waals surface area contributed by atoms with Crippen molar-refractivity contribution < 1.29 is 14.6 Å². The van der Waals surface area contributed by atoms with Gasteiger partial charge in [-0.15, -0.1) is 0 Å². The van der Waals surface area contributed by atoms with E-state index in [0.29, 0.717) is 28.8 Å². The largest absolute Gasteiger partial charge is 0.496 e. The van der Waals surface area contributed by atoms with Gasteiger partial charge in [0.05, 0.1) is 24.0 Å². The van der Waals surface area contributed by atoms with Gasteiger partial charge >= 0.3 is 5.97 Å². The second-order valence-electron chi connectivity index (χ2n) is 6.48. The van der Waals surface area contributed by atoms with E-state index in [1.807, 2.05) is 32.9 Å². The summed E-state index contributed by atoms with van der Waals surface area (Å²) >= 11 is 0. The minimum absolute atomic E-state index is 0.243. The van der Waals surface area contributed by atoms with Crippen molar-refractivity contribution in [1.29, 1.82) is 0 Å². The summed E-state index contributed by atoms with van der Waals surface area (Å²) in [6.45, 7) is 6.29. The molecule has 0 spiro atoms. The fourth-order valence-corrected chi connectivity index (χ4v) is 3.28. The molecule has 7 heteroatoms. The number of benzene rings is 2. The zero-order valence-corrected chi connectivity index (χ0v) is 16.2. The van der Waals surface area contributed by atoms with Gasteiger partial charge in [0.25, 0.3) is 0 Å². The zero-order valence-electron chi connectivity index (χ0n) is 16.2. The van der Waals surface area contributed by atoms with E-state index in [1.165, 1.54) is 6.20 Å². The van der Waals surface area contributed by atoms with Crippen LogP contribution in [-0.4, -0.2) is 22.8 Å². The Hall–Kier alpha value is -3.48. The van der Waals surface area contributed by atoms with E-state index in [2.05, 4.69) is 10.2 Å². The first-order valence-corrected chi connectivity index (χ1v) is 8.83. The van der Waals surface area contributed by atoms with Gasteiger partial charge in [0.1, 0.15) is 11.3 Å². The predicted octanol–water partition coefficient (Wildman–Crippen LogP) is 4.76. The number of aryl methyl sites for hydroxylation is 3. The number of methoxy groups -OCH3 is 1. The lowest BCUT2D eigenvalue weighted by molar-refractivity contribution is 0.0695. The highest BCUT2D eigenvalue weighted by Gasteiger charge is 2.14. The van der Waals surface area contributed by atoms with E-state index in [9.17, 15) is 14.7 Å². The monoisotopic (exact) mass is 379 g/mol. The number of nitrogens with zero attached hydrogens (tertiary/aromatic N) is 3. The van der Waals surface area contributed by atoms with Crippen LogP contribution in [0.25, 0.3) is 10.9 Å². The maximum atomic E-state index is 12.4. The van der Waals surface area contributed by atoms with Crippen LogP contribution in [0.1, 0.15) is 28.4 Å². The smallest absolute Gasteiger partial charge is 0.341 e. The summed E-state index contributed by atoms with van der Waals surface area (Å²) in [5.41, 5.74) is 3.08. The first kappa shape index (κ1) is 19.3. The lowest BCUT2D eigenvalue weighted by Crippen LogP contribution is -2.18. The number of aromatic carboxylic acids is 1. The Morgan fingerprint density at radius 2 is 1.75 bits per heavy atom. The molecule has 7 nitrogen and oxygen atoms in total. The van der Waals surface area contributed by atoms with Crippen molar-refractivity contribution in [2.75, 3.05) is 7.11 Å². The number of carbonyl (C=O) groups is 1. The molecule has 0 saturated carbocycles. The highest BCUT2D eigenvalue weighted by Crippen LogP contribution is 2.29. The minimum Gasteiger partial charge on any atom is -0.496 e. The molecule has 0 saturated heterocycles. The SMILES string of the molecule is CCn1cc(C(=O)O)c(=O)c2ccc(N=Nc3cc(C)c(OC)c(C)c3)cc21. The van der Waals surface area contributed by atoms with Gasteiger partial charge in [-0.2, -0.15) is 10.2 Å². The molecule has 0 aliphatic rings. The van der Waals surface area contributed by atoms with Crippen LogP contribution in [0.5, 0.6) is 5.75 Å². The minimum atomic E-state index is -1.23. The first-order valence-electron chi connectivity index (χ1n) is 8.83. The molecule has 1 aromatic heterocycles. The Bertz CT molecular complexity index is 1140. The van der Waals surface area contributed by atoms with Gasteiger partial charge in [0, 0.05) is 18.1 Å². The van der Waals surface area contributed by atoms with Gasteiger partial charge in [0.15, 0.2) is 0 Å². The summed E-state index contributed by atoms with van der Waals surface area (Å²) in [5, 5.41) is 18.2. The zero-order chi connectivity index (χ0) is 20.4. The molecule has 0 atom stereocenters. The fraction of sp³-hybridized carbons (Fsp3) is 0.238. The van der Waals surface area contributed by atoms with Gasteiger partial charge in [0.2, 0.25) is 5.43 Å². The predicted molar refractivity (Wildman–Crippen MR) is 107 cm³/mol. The number of carboxylic acid groups (broad SMARTS) is 1. The van der Waals surface area contributed by atoms with Crippen LogP contribution in [0.3, 0.4) is 0 Å². The van der Waals surface area contributed by atoms with Crippen molar-refractivity contribution >= 4 is 28.2 Å². The Kier molecular flexibility index (Phi) is 5.26. The summed E-state index contributed by atoms with van der Waals surface area (Å²) in [7, 11) is 1.63. The molecule has 144 valence electrons. The van der Waals surface area contributed by atoms with Crippen molar-refractivity contribution in [3.8, 4) is 5.75 Å². The number of hydrogen-bond acceptors (Lipinski definition) is 5. The molecule has 2 aromatic carbocycles. The third-order valence-electron chi connectivity index (χ3n) is 4.57. The number of rotatable bonds is 5. The maximum absolute atomic E-state index is 12.4. The van der Waals surface area contributed by atoms with Crippen LogP contribution in [0.4, 0.5) is 11.4 Å². The maximum Gasteiger partial charge on any atom is 0.341 e. The Morgan fingerprint density at radius 1 is 1.11 bits per heavy atom. The number of aromatic nitrogens is 1. The fourth-order valence-electron chi connectivity index (χ4n) is 3.28. The van der Waals surface area contributed by atoms with E-state index in [0.717, 1.165) is 16.9 Å². The normalized spacial score (nSPS) is 11.3. The highest BCUT2D eigenvalue weighted by molar-refractivity contribution is 5.93. The molecule has 1 N–H and O–H groups in total. The van der Waals surface area contributed by atoms with E-state index in [1.54, 1.807) is 29.9 Å². The molecule has 0 amide bonds. The average Bonchev–Trinajstić information content (AvgIpc) is 2.66. The third kappa shape index (κ3) is 3.51. The van der Waals surface area contributed by atoms with Crippen LogP contribution in [0.15, 0.2) is 51.6 Å².